The SMILES string of the molecule is FC(F)(F)CO[Si](OCC(F)(F)F)(c1ccccc1)c1ccccc1. The highest BCUT2D eigenvalue weighted by atomic mass is 28.4. The summed E-state index contributed by atoms with van der Waals surface area (Å²) in [4.78, 5) is 0. The van der Waals surface area contributed by atoms with Crippen LogP contribution in [0.3, 0.4) is 0 Å². The molecular weight excluding hydrogens is 366 g/mol. The maximum absolute atomic E-state index is 12.7. The number of hydrogen-bond acceptors (Lipinski definition) is 2. The molecular formula is C16H14F6O2Si. The van der Waals surface area contributed by atoms with E-state index in [2.05, 4.69) is 0 Å². The molecule has 0 atom stereocenters. The lowest BCUT2D eigenvalue weighted by Gasteiger charge is -2.32. The maximum atomic E-state index is 12.7. The molecule has 0 fully saturated rings. The molecule has 0 saturated carbocycles. The first-order valence-electron chi connectivity index (χ1n) is 7.15. The lowest BCUT2D eigenvalue weighted by molar-refractivity contribution is -0.169. The maximum Gasteiger partial charge on any atom is 0.410 e. The average Bonchev–Trinajstić information content (AvgIpc) is 2.55. The normalized spacial score (nSPS) is 13.0. The van der Waals surface area contributed by atoms with Gasteiger partial charge in [-0.3, -0.25) is 0 Å². The molecule has 0 bridgehead atoms. The second-order valence-electron chi connectivity index (χ2n) is 5.16. The van der Waals surface area contributed by atoms with Crippen molar-refractivity contribution in [2.75, 3.05) is 13.2 Å². The van der Waals surface area contributed by atoms with Gasteiger partial charge in [-0.25, -0.2) is 0 Å². The second-order valence-corrected chi connectivity index (χ2v) is 8.12. The van der Waals surface area contributed by atoms with Gasteiger partial charge < -0.3 is 8.85 Å². The minimum atomic E-state index is -4.70. The van der Waals surface area contributed by atoms with Crippen molar-refractivity contribution in [2.24, 2.45) is 0 Å². The summed E-state index contributed by atoms with van der Waals surface area (Å²) < 4.78 is 86.4. The van der Waals surface area contributed by atoms with Gasteiger partial charge in [0.15, 0.2) is 0 Å². The summed E-state index contributed by atoms with van der Waals surface area (Å²) in [5, 5.41) is 0.324. The van der Waals surface area contributed by atoms with Crippen LogP contribution in [-0.4, -0.2) is 34.1 Å². The van der Waals surface area contributed by atoms with Gasteiger partial charge in [0.2, 0.25) is 0 Å². The molecule has 0 radical (unpaired) electrons. The lowest BCUT2D eigenvalue weighted by Crippen LogP contribution is -2.65. The van der Waals surface area contributed by atoms with Gasteiger partial charge in [-0.2, -0.15) is 26.3 Å². The first-order chi connectivity index (χ1) is 11.6. The van der Waals surface area contributed by atoms with Crippen LogP contribution in [0, 0.1) is 0 Å². The molecule has 2 rings (SSSR count). The number of benzene rings is 2. The fourth-order valence-electron chi connectivity index (χ4n) is 2.22. The molecule has 0 spiro atoms. The molecule has 0 aliphatic rings. The predicted molar refractivity (Wildman–Crippen MR) is 81.9 cm³/mol. The van der Waals surface area contributed by atoms with Gasteiger partial charge in [0.05, 0.1) is 0 Å². The summed E-state index contributed by atoms with van der Waals surface area (Å²) in [5.74, 6) is 0. The minimum absolute atomic E-state index is 0.162. The number of alkyl halides is 6. The molecule has 0 amide bonds. The van der Waals surface area contributed by atoms with Gasteiger partial charge in [0.25, 0.3) is 0 Å². The summed E-state index contributed by atoms with van der Waals surface area (Å²) in [7, 11) is -4.21. The van der Waals surface area contributed by atoms with Crippen LogP contribution >= 0.6 is 0 Å². The summed E-state index contributed by atoms with van der Waals surface area (Å²) in [5.41, 5.74) is 0. The Labute approximate surface area is 141 Å². The summed E-state index contributed by atoms with van der Waals surface area (Å²) in [6.07, 6.45) is -9.41. The van der Waals surface area contributed by atoms with Crippen molar-refractivity contribution in [3.05, 3.63) is 60.7 Å². The monoisotopic (exact) mass is 380 g/mol. The van der Waals surface area contributed by atoms with E-state index in [1.165, 1.54) is 48.5 Å². The molecule has 0 aliphatic heterocycles. The van der Waals surface area contributed by atoms with Gasteiger partial charge >= 0.3 is 20.9 Å². The van der Waals surface area contributed by atoms with E-state index >= 15 is 0 Å². The third-order valence-electron chi connectivity index (χ3n) is 3.19. The molecule has 25 heavy (non-hydrogen) atoms. The van der Waals surface area contributed by atoms with E-state index in [1.807, 2.05) is 0 Å². The Bertz CT molecular complexity index is 598. The standard InChI is InChI=1S/C16H14F6O2Si/c17-15(18,19)11-23-25(24-12-16(20,21)22,13-7-3-1-4-8-13)14-9-5-2-6-10-14/h1-10H,11-12H2. The predicted octanol–water partition coefficient (Wildman–Crippen LogP) is 3.40. The Hall–Kier alpha value is -1.84. The summed E-state index contributed by atoms with van der Waals surface area (Å²) in [6.45, 7) is -3.41. The summed E-state index contributed by atoms with van der Waals surface area (Å²) >= 11 is 0. The Kier molecular flexibility index (Phi) is 5.91. The molecule has 0 heterocycles. The highest BCUT2D eigenvalue weighted by Crippen LogP contribution is 2.22. The number of halogens is 6. The van der Waals surface area contributed by atoms with Gasteiger partial charge in [0, 0.05) is 0 Å². The molecule has 2 aromatic rings. The third-order valence-corrected chi connectivity index (χ3v) is 6.47. The van der Waals surface area contributed by atoms with E-state index in [9.17, 15) is 26.3 Å². The summed E-state index contributed by atoms with van der Waals surface area (Å²) in [6, 6.07) is 14.9. The molecule has 136 valence electrons. The Balaban J connectivity index is 2.52. The van der Waals surface area contributed by atoms with E-state index < -0.39 is 34.1 Å². The van der Waals surface area contributed by atoms with E-state index in [1.54, 1.807) is 12.1 Å². The molecule has 2 nitrogen and oxygen atoms in total. The van der Waals surface area contributed by atoms with E-state index in [0.29, 0.717) is 0 Å². The number of rotatable bonds is 6. The highest BCUT2D eigenvalue weighted by Gasteiger charge is 2.48. The van der Waals surface area contributed by atoms with Crippen LogP contribution < -0.4 is 10.4 Å². The molecule has 0 saturated heterocycles. The zero-order chi connectivity index (χ0) is 18.6. The van der Waals surface area contributed by atoms with E-state index in [-0.39, 0.29) is 10.4 Å². The van der Waals surface area contributed by atoms with E-state index in [0.717, 1.165) is 0 Å². The molecule has 0 aliphatic carbocycles. The number of hydrogen-bond donors (Lipinski definition) is 0. The quantitative estimate of drug-likeness (QED) is 0.565. The fraction of sp³-hybridized carbons (Fsp3) is 0.250. The molecule has 9 heteroatoms. The fourth-order valence-corrected chi connectivity index (χ4v) is 5.30. The molecule has 0 N–H and O–H groups in total. The van der Waals surface area contributed by atoms with Crippen LogP contribution in [0.15, 0.2) is 60.7 Å². The zero-order valence-electron chi connectivity index (χ0n) is 12.8. The van der Waals surface area contributed by atoms with Crippen LogP contribution in [0.5, 0.6) is 0 Å². The zero-order valence-corrected chi connectivity index (χ0v) is 13.8. The van der Waals surface area contributed by atoms with Gasteiger partial charge in [-0.1, -0.05) is 60.7 Å². The molecule has 0 unspecified atom stereocenters. The minimum Gasteiger partial charge on any atom is -0.378 e. The van der Waals surface area contributed by atoms with Crippen LogP contribution in [0.2, 0.25) is 0 Å². The van der Waals surface area contributed by atoms with Crippen LogP contribution in [0.1, 0.15) is 0 Å². The van der Waals surface area contributed by atoms with Crippen LogP contribution in [0.4, 0.5) is 26.3 Å². The van der Waals surface area contributed by atoms with Crippen LogP contribution in [0.25, 0.3) is 0 Å². The molecule has 2 aromatic carbocycles. The van der Waals surface area contributed by atoms with E-state index in [4.69, 9.17) is 8.85 Å². The van der Waals surface area contributed by atoms with Crippen molar-refractivity contribution in [1.29, 1.82) is 0 Å². The average molecular weight is 380 g/mol. The Morgan fingerprint density at radius 2 is 0.920 bits per heavy atom. The van der Waals surface area contributed by atoms with Crippen molar-refractivity contribution >= 4 is 18.9 Å². The smallest absolute Gasteiger partial charge is 0.378 e. The topological polar surface area (TPSA) is 18.5 Å². The van der Waals surface area contributed by atoms with Gasteiger partial charge in [-0.05, 0) is 10.4 Å². The first kappa shape index (κ1) is 19.5. The van der Waals surface area contributed by atoms with Gasteiger partial charge in [-0.15, -0.1) is 0 Å². The lowest BCUT2D eigenvalue weighted by atomic mass is 10.4. The Morgan fingerprint density at radius 1 is 0.600 bits per heavy atom. The molecule has 0 aromatic heterocycles. The van der Waals surface area contributed by atoms with Crippen molar-refractivity contribution in [3.63, 3.8) is 0 Å². The van der Waals surface area contributed by atoms with Crippen molar-refractivity contribution < 1.29 is 35.2 Å². The van der Waals surface area contributed by atoms with Crippen molar-refractivity contribution in [3.8, 4) is 0 Å². The van der Waals surface area contributed by atoms with Crippen molar-refractivity contribution in [2.45, 2.75) is 12.4 Å². The third kappa shape index (κ3) is 5.58. The largest absolute Gasteiger partial charge is 0.410 e. The second kappa shape index (κ2) is 7.59. The Morgan fingerprint density at radius 3 is 1.20 bits per heavy atom. The van der Waals surface area contributed by atoms with Crippen LogP contribution in [-0.2, 0) is 8.85 Å². The van der Waals surface area contributed by atoms with Crippen molar-refractivity contribution in [1.82, 2.24) is 0 Å². The highest BCUT2D eigenvalue weighted by molar-refractivity contribution is 6.92. The first-order valence-corrected chi connectivity index (χ1v) is 8.96. The van der Waals surface area contributed by atoms with Gasteiger partial charge in [0.1, 0.15) is 13.2 Å².